The molecule has 0 bridgehead atoms. The Morgan fingerprint density at radius 3 is 2.54 bits per heavy atom. The first kappa shape index (κ1) is 26.6. The van der Waals surface area contributed by atoms with Gasteiger partial charge in [-0.05, 0) is 86.4 Å². The van der Waals surface area contributed by atoms with Gasteiger partial charge in [0.1, 0.15) is 23.4 Å². The molecular formula is C32H30FN5O3. The monoisotopic (exact) mass is 551 g/mol. The molecule has 0 aliphatic carbocycles. The van der Waals surface area contributed by atoms with E-state index in [2.05, 4.69) is 51.5 Å². The van der Waals surface area contributed by atoms with Crippen molar-refractivity contribution in [2.45, 2.75) is 31.3 Å². The highest BCUT2D eigenvalue weighted by Crippen LogP contribution is 2.37. The third-order valence-corrected chi connectivity index (χ3v) is 7.98. The van der Waals surface area contributed by atoms with E-state index < -0.39 is 23.7 Å². The molecule has 1 atom stereocenters. The predicted molar refractivity (Wildman–Crippen MR) is 153 cm³/mol. The zero-order valence-corrected chi connectivity index (χ0v) is 22.6. The molecule has 1 saturated heterocycles. The smallest absolute Gasteiger partial charge is 0.257 e. The third-order valence-electron chi connectivity index (χ3n) is 7.98. The Balaban J connectivity index is 1.28. The van der Waals surface area contributed by atoms with Crippen LogP contribution in [0.3, 0.4) is 0 Å². The standard InChI is InChI=1S/C32H30FN5O3/c1-37-14-11-22(12-15-37)20-5-7-21(8-6-20)23-16-25-27(35-18-23)19-38(32(25)41)30(26-17-24(33)9-10-28(26)39)31(40)36-29-4-2-3-13-34-29/h2-10,13,16-18,22,30,39H,11-12,14-15,19H2,1H3,(H,34,36,40). The van der Waals surface area contributed by atoms with Crippen LogP contribution < -0.4 is 5.32 Å². The second kappa shape index (κ2) is 11.1. The molecule has 0 radical (unpaired) electrons. The number of pyridine rings is 2. The predicted octanol–water partition coefficient (Wildman–Crippen LogP) is 5.13. The molecule has 0 saturated carbocycles. The van der Waals surface area contributed by atoms with Gasteiger partial charge in [0.05, 0.1) is 17.8 Å². The minimum atomic E-state index is -1.31. The second-order valence-corrected chi connectivity index (χ2v) is 10.7. The van der Waals surface area contributed by atoms with Crippen LogP contribution in [0, 0.1) is 5.82 Å². The lowest BCUT2D eigenvalue weighted by atomic mass is 9.89. The van der Waals surface area contributed by atoms with E-state index in [1.807, 2.05) is 0 Å². The van der Waals surface area contributed by atoms with E-state index in [1.165, 1.54) is 22.7 Å². The van der Waals surface area contributed by atoms with Crippen molar-refractivity contribution in [1.82, 2.24) is 19.8 Å². The number of likely N-dealkylation sites (tertiary alicyclic amines) is 1. The van der Waals surface area contributed by atoms with Crippen molar-refractivity contribution in [3.63, 3.8) is 0 Å². The van der Waals surface area contributed by atoms with E-state index in [9.17, 15) is 19.1 Å². The highest BCUT2D eigenvalue weighted by molar-refractivity contribution is 6.04. The van der Waals surface area contributed by atoms with Gasteiger partial charge in [0.15, 0.2) is 0 Å². The fourth-order valence-electron chi connectivity index (χ4n) is 5.67. The van der Waals surface area contributed by atoms with E-state index in [4.69, 9.17) is 0 Å². The van der Waals surface area contributed by atoms with Crippen LogP contribution in [0.5, 0.6) is 5.75 Å². The largest absolute Gasteiger partial charge is 0.508 e. The van der Waals surface area contributed by atoms with Gasteiger partial charge in [0.2, 0.25) is 0 Å². The maximum atomic E-state index is 14.3. The van der Waals surface area contributed by atoms with Crippen LogP contribution in [0.15, 0.2) is 79.1 Å². The molecule has 8 nitrogen and oxygen atoms in total. The van der Waals surface area contributed by atoms with Crippen molar-refractivity contribution in [2.24, 2.45) is 0 Å². The van der Waals surface area contributed by atoms with Gasteiger partial charge in [0.25, 0.3) is 11.8 Å². The number of carbonyl (C=O) groups is 2. The van der Waals surface area contributed by atoms with E-state index in [-0.39, 0.29) is 23.7 Å². The molecule has 2 aliphatic heterocycles. The van der Waals surface area contributed by atoms with Crippen molar-refractivity contribution in [2.75, 3.05) is 25.5 Å². The van der Waals surface area contributed by atoms with Crippen LogP contribution in [0.25, 0.3) is 11.1 Å². The van der Waals surface area contributed by atoms with Crippen molar-refractivity contribution in [3.8, 4) is 16.9 Å². The Labute approximate surface area is 237 Å². The number of anilines is 1. The lowest BCUT2D eigenvalue weighted by molar-refractivity contribution is -0.120. The molecule has 2 aromatic heterocycles. The molecule has 2 aliphatic rings. The Hall–Kier alpha value is -4.63. The number of piperidine rings is 1. The molecule has 1 unspecified atom stereocenters. The Bertz CT molecular complexity index is 1590. The number of hydrogen-bond acceptors (Lipinski definition) is 6. The highest BCUT2D eigenvalue weighted by Gasteiger charge is 2.40. The lowest BCUT2D eigenvalue weighted by Crippen LogP contribution is -2.37. The van der Waals surface area contributed by atoms with Gasteiger partial charge in [-0.25, -0.2) is 9.37 Å². The number of halogens is 1. The topological polar surface area (TPSA) is 98.7 Å². The molecule has 1 fully saturated rings. The van der Waals surface area contributed by atoms with Crippen LogP contribution >= 0.6 is 0 Å². The number of carbonyl (C=O) groups excluding carboxylic acids is 2. The quantitative estimate of drug-likeness (QED) is 0.345. The zero-order valence-electron chi connectivity index (χ0n) is 22.6. The number of amides is 2. The molecule has 2 N–H and O–H groups in total. The molecule has 2 aromatic carbocycles. The fraction of sp³-hybridized carbons (Fsp3) is 0.250. The normalized spacial score (nSPS) is 16.4. The van der Waals surface area contributed by atoms with Crippen LogP contribution in [0.2, 0.25) is 0 Å². The number of aromatic hydroxyl groups is 1. The number of fused-ring (bicyclic) bond motifs is 1. The highest BCUT2D eigenvalue weighted by atomic mass is 19.1. The second-order valence-electron chi connectivity index (χ2n) is 10.7. The molecule has 4 heterocycles. The maximum Gasteiger partial charge on any atom is 0.257 e. The number of nitrogens with zero attached hydrogens (tertiary/aromatic N) is 4. The zero-order chi connectivity index (χ0) is 28.5. The Kier molecular flexibility index (Phi) is 7.19. The average Bonchev–Trinajstić information content (AvgIpc) is 3.31. The number of phenolic OH excluding ortho intramolecular Hbond substituents is 1. The first-order valence-electron chi connectivity index (χ1n) is 13.7. The molecule has 0 spiro atoms. The number of aromatic nitrogens is 2. The van der Waals surface area contributed by atoms with E-state index in [1.54, 1.807) is 30.5 Å². The Morgan fingerprint density at radius 2 is 1.80 bits per heavy atom. The minimum absolute atomic E-state index is 0.0238. The number of rotatable bonds is 6. The van der Waals surface area contributed by atoms with E-state index in [0.29, 0.717) is 17.2 Å². The van der Waals surface area contributed by atoms with Crippen molar-refractivity contribution in [1.29, 1.82) is 0 Å². The van der Waals surface area contributed by atoms with Gasteiger partial charge in [-0.1, -0.05) is 30.3 Å². The molecule has 4 aromatic rings. The summed E-state index contributed by atoms with van der Waals surface area (Å²) in [5.41, 5.74) is 3.90. The summed E-state index contributed by atoms with van der Waals surface area (Å²) in [4.78, 5) is 39.6. The van der Waals surface area contributed by atoms with Gasteiger partial charge in [-0.15, -0.1) is 0 Å². The van der Waals surface area contributed by atoms with E-state index >= 15 is 0 Å². The van der Waals surface area contributed by atoms with Crippen LogP contribution in [-0.4, -0.2) is 56.8 Å². The molecule has 2 amide bonds. The maximum absolute atomic E-state index is 14.3. The summed E-state index contributed by atoms with van der Waals surface area (Å²) in [5.74, 6) is -1.18. The number of benzene rings is 2. The molecule has 6 rings (SSSR count). The molecular weight excluding hydrogens is 521 g/mol. The van der Waals surface area contributed by atoms with Gasteiger partial charge in [0, 0.05) is 23.5 Å². The average molecular weight is 552 g/mol. The summed E-state index contributed by atoms with van der Waals surface area (Å²) in [6, 6.07) is 17.2. The summed E-state index contributed by atoms with van der Waals surface area (Å²) in [5, 5.41) is 13.3. The first-order chi connectivity index (χ1) is 19.9. The summed E-state index contributed by atoms with van der Waals surface area (Å²) in [6.45, 7) is 2.21. The SMILES string of the molecule is CN1CCC(c2ccc(-c3cnc4c(c3)C(=O)N(C(C(=O)Nc3ccccn3)c3cc(F)ccc3O)C4)cc2)CC1. The number of nitrogens with one attached hydrogen (secondary N) is 1. The van der Waals surface area contributed by atoms with Crippen molar-refractivity contribution in [3.05, 3.63) is 107 Å². The molecule has 41 heavy (non-hydrogen) atoms. The third kappa shape index (κ3) is 5.40. The summed E-state index contributed by atoms with van der Waals surface area (Å²) < 4.78 is 14.3. The fourth-order valence-corrected chi connectivity index (χ4v) is 5.67. The minimum Gasteiger partial charge on any atom is -0.508 e. The van der Waals surface area contributed by atoms with Gasteiger partial charge in [-0.2, -0.15) is 0 Å². The summed E-state index contributed by atoms with van der Waals surface area (Å²) in [6.07, 6.45) is 5.52. The van der Waals surface area contributed by atoms with Gasteiger partial charge in [-0.3, -0.25) is 14.6 Å². The van der Waals surface area contributed by atoms with Crippen molar-refractivity contribution >= 4 is 17.6 Å². The number of hydrogen-bond donors (Lipinski definition) is 2. The lowest BCUT2D eigenvalue weighted by Gasteiger charge is -2.29. The number of phenols is 1. The molecule has 9 heteroatoms. The van der Waals surface area contributed by atoms with Gasteiger partial charge < -0.3 is 20.2 Å². The van der Waals surface area contributed by atoms with Gasteiger partial charge >= 0.3 is 0 Å². The first-order valence-corrected chi connectivity index (χ1v) is 13.7. The summed E-state index contributed by atoms with van der Waals surface area (Å²) >= 11 is 0. The van der Waals surface area contributed by atoms with Crippen LogP contribution in [0.4, 0.5) is 10.2 Å². The Morgan fingerprint density at radius 1 is 1.02 bits per heavy atom. The van der Waals surface area contributed by atoms with Crippen LogP contribution in [-0.2, 0) is 11.3 Å². The van der Waals surface area contributed by atoms with E-state index in [0.717, 1.165) is 49.2 Å². The molecule has 208 valence electrons. The summed E-state index contributed by atoms with van der Waals surface area (Å²) in [7, 11) is 2.15. The van der Waals surface area contributed by atoms with Crippen molar-refractivity contribution < 1.29 is 19.1 Å². The van der Waals surface area contributed by atoms with Crippen LogP contribution in [0.1, 0.15) is 52.0 Å².